The van der Waals surface area contributed by atoms with Crippen LogP contribution in [0.5, 0.6) is 0 Å². The van der Waals surface area contributed by atoms with Crippen LogP contribution in [0.1, 0.15) is 40.5 Å². The van der Waals surface area contributed by atoms with E-state index in [4.69, 9.17) is 5.73 Å². The van der Waals surface area contributed by atoms with Gasteiger partial charge in [0.25, 0.3) is 0 Å². The van der Waals surface area contributed by atoms with Gasteiger partial charge in [-0.15, -0.1) is 0 Å². The average Bonchev–Trinajstić information content (AvgIpc) is 2.20. The largest absolute Gasteiger partial charge is 0.355 e. The van der Waals surface area contributed by atoms with Gasteiger partial charge in [-0.3, -0.25) is 4.79 Å². The Morgan fingerprint density at radius 2 is 2.00 bits per heavy atom. The van der Waals surface area contributed by atoms with Crippen molar-refractivity contribution in [3.63, 3.8) is 0 Å². The Kier molecular flexibility index (Phi) is 4.36. The van der Waals surface area contributed by atoms with E-state index >= 15 is 0 Å². The molecule has 0 saturated heterocycles. The number of carbonyl (C=O) groups excluding carboxylic acids is 1. The molecule has 3 nitrogen and oxygen atoms in total. The van der Waals surface area contributed by atoms with Crippen molar-refractivity contribution in [3.8, 4) is 0 Å². The molecular weight excluding hydrogens is 200 g/mol. The van der Waals surface area contributed by atoms with Gasteiger partial charge in [0, 0.05) is 13.1 Å². The van der Waals surface area contributed by atoms with Crippen molar-refractivity contribution < 1.29 is 4.79 Å². The summed E-state index contributed by atoms with van der Waals surface area (Å²) in [5, 5.41) is 3.06. The zero-order valence-electron chi connectivity index (χ0n) is 11.0. The van der Waals surface area contributed by atoms with E-state index < -0.39 is 0 Å². The Balaban J connectivity index is 2.40. The lowest BCUT2D eigenvalue weighted by Crippen LogP contribution is -2.54. The summed E-state index contributed by atoms with van der Waals surface area (Å²) in [5.74, 6) is 1.95. The van der Waals surface area contributed by atoms with Gasteiger partial charge in [0.2, 0.25) is 5.91 Å². The van der Waals surface area contributed by atoms with Gasteiger partial charge in [0.05, 0.1) is 5.41 Å². The predicted octanol–water partition coefficient (Wildman–Crippen LogP) is 1.77. The molecule has 0 aromatic carbocycles. The van der Waals surface area contributed by atoms with Crippen LogP contribution in [0.25, 0.3) is 0 Å². The monoisotopic (exact) mass is 226 g/mol. The molecule has 0 spiro atoms. The maximum atomic E-state index is 12.1. The van der Waals surface area contributed by atoms with E-state index in [1.165, 1.54) is 0 Å². The lowest BCUT2D eigenvalue weighted by Gasteiger charge is -2.44. The number of hydrogen-bond acceptors (Lipinski definition) is 2. The molecule has 1 fully saturated rings. The molecule has 1 saturated carbocycles. The Morgan fingerprint density at radius 1 is 1.44 bits per heavy atom. The van der Waals surface area contributed by atoms with E-state index in [1.54, 1.807) is 0 Å². The highest BCUT2D eigenvalue weighted by Gasteiger charge is 2.46. The third-order valence-corrected chi connectivity index (χ3v) is 4.07. The van der Waals surface area contributed by atoms with Crippen LogP contribution in [0.4, 0.5) is 0 Å². The van der Waals surface area contributed by atoms with Gasteiger partial charge >= 0.3 is 0 Å². The molecular formula is C13H26N2O. The smallest absolute Gasteiger partial charge is 0.227 e. The normalized spacial score (nSPS) is 31.0. The molecule has 0 aromatic rings. The zero-order chi connectivity index (χ0) is 12.3. The van der Waals surface area contributed by atoms with Gasteiger partial charge in [-0.1, -0.05) is 27.7 Å². The number of rotatable bonds is 5. The van der Waals surface area contributed by atoms with Crippen molar-refractivity contribution in [1.82, 2.24) is 5.32 Å². The van der Waals surface area contributed by atoms with E-state index in [-0.39, 0.29) is 11.3 Å². The van der Waals surface area contributed by atoms with E-state index in [0.717, 1.165) is 19.4 Å². The summed E-state index contributed by atoms with van der Waals surface area (Å²) in [6, 6.07) is 0. The molecule has 1 amide bonds. The van der Waals surface area contributed by atoms with Gasteiger partial charge in [-0.2, -0.15) is 0 Å². The van der Waals surface area contributed by atoms with Crippen LogP contribution in [0.3, 0.4) is 0 Å². The van der Waals surface area contributed by atoms with Crippen LogP contribution >= 0.6 is 0 Å². The summed E-state index contributed by atoms with van der Waals surface area (Å²) < 4.78 is 0. The molecule has 1 aliphatic rings. The molecule has 3 N–H and O–H groups in total. The summed E-state index contributed by atoms with van der Waals surface area (Å²) >= 11 is 0. The second-order valence-corrected chi connectivity index (χ2v) is 5.93. The Morgan fingerprint density at radius 3 is 2.38 bits per heavy atom. The van der Waals surface area contributed by atoms with E-state index in [2.05, 4.69) is 33.0 Å². The van der Waals surface area contributed by atoms with Gasteiger partial charge in [0.1, 0.15) is 0 Å². The highest BCUT2D eigenvalue weighted by molar-refractivity contribution is 5.83. The first-order chi connectivity index (χ1) is 7.41. The minimum atomic E-state index is -0.254. The van der Waals surface area contributed by atoms with Crippen molar-refractivity contribution in [2.75, 3.05) is 13.1 Å². The molecule has 0 aliphatic heterocycles. The number of hydrogen-bond donors (Lipinski definition) is 2. The second kappa shape index (κ2) is 5.17. The fourth-order valence-electron chi connectivity index (χ4n) is 2.40. The molecule has 1 rings (SSSR count). The maximum Gasteiger partial charge on any atom is 0.227 e. The van der Waals surface area contributed by atoms with Crippen LogP contribution in [0, 0.1) is 23.2 Å². The third-order valence-electron chi connectivity index (χ3n) is 4.07. The summed E-state index contributed by atoms with van der Waals surface area (Å²) in [5.41, 5.74) is 5.48. The molecule has 16 heavy (non-hydrogen) atoms. The summed E-state index contributed by atoms with van der Waals surface area (Å²) in [6.07, 6.45) is 1.90. The second-order valence-electron chi connectivity index (χ2n) is 5.93. The van der Waals surface area contributed by atoms with Crippen molar-refractivity contribution in [2.24, 2.45) is 28.9 Å². The first-order valence-corrected chi connectivity index (χ1v) is 6.39. The molecule has 1 unspecified atom stereocenters. The van der Waals surface area contributed by atoms with Crippen molar-refractivity contribution in [3.05, 3.63) is 0 Å². The highest BCUT2D eigenvalue weighted by atomic mass is 16.2. The van der Waals surface area contributed by atoms with E-state index in [9.17, 15) is 4.79 Å². The summed E-state index contributed by atoms with van der Waals surface area (Å²) in [4.78, 5) is 12.1. The standard InChI is InChI=1S/C13H26N2O/c1-9(2)11(4)7-15-12(16)13(8-14)5-10(3)6-13/h9-11H,5-8,14H2,1-4H3,(H,15,16). The Hall–Kier alpha value is -0.570. The molecule has 0 aromatic heterocycles. The quantitative estimate of drug-likeness (QED) is 0.750. The fraction of sp³-hybridized carbons (Fsp3) is 0.923. The lowest BCUT2D eigenvalue weighted by atomic mass is 9.62. The Labute approximate surface area is 99.2 Å². The van der Waals surface area contributed by atoms with Crippen LogP contribution in [-0.4, -0.2) is 19.0 Å². The first-order valence-electron chi connectivity index (χ1n) is 6.39. The topological polar surface area (TPSA) is 55.1 Å². The van der Waals surface area contributed by atoms with Crippen LogP contribution in [0.15, 0.2) is 0 Å². The van der Waals surface area contributed by atoms with Crippen molar-refractivity contribution in [2.45, 2.75) is 40.5 Å². The molecule has 3 heteroatoms. The van der Waals surface area contributed by atoms with Crippen LogP contribution in [0.2, 0.25) is 0 Å². The summed E-state index contributed by atoms with van der Waals surface area (Å²) in [6.45, 7) is 9.97. The van der Waals surface area contributed by atoms with Crippen molar-refractivity contribution >= 4 is 5.91 Å². The molecule has 0 radical (unpaired) electrons. The van der Waals surface area contributed by atoms with Crippen molar-refractivity contribution in [1.29, 1.82) is 0 Å². The summed E-state index contributed by atoms with van der Waals surface area (Å²) in [7, 11) is 0. The van der Waals surface area contributed by atoms with Gasteiger partial charge < -0.3 is 11.1 Å². The number of carbonyl (C=O) groups is 1. The minimum Gasteiger partial charge on any atom is -0.355 e. The molecule has 94 valence electrons. The number of nitrogens with one attached hydrogen (secondary N) is 1. The maximum absolute atomic E-state index is 12.1. The lowest BCUT2D eigenvalue weighted by molar-refractivity contribution is -0.138. The number of amides is 1. The fourth-order valence-corrected chi connectivity index (χ4v) is 2.40. The minimum absolute atomic E-state index is 0.167. The van der Waals surface area contributed by atoms with Gasteiger partial charge in [-0.25, -0.2) is 0 Å². The first kappa shape index (κ1) is 13.5. The third kappa shape index (κ3) is 2.76. The SMILES string of the molecule is CC1CC(CN)(C(=O)NCC(C)C(C)C)C1. The highest BCUT2D eigenvalue weighted by Crippen LogP contribution is 2.44. The molecule has 1 atom stereocenters. The number of nitrogens with two attached hydrogens (primary N) is 1. The molecule has 0 bridgehead atoms. The van der Waals surface area contributed by atoms with Gasteiger partial charge in [0.15, 0.2) is 0 Å². The predicted molar refractivity (Wildman–Crippen MR) is 66.9 cm³/mol. The van der Waals surface area contributed by atoms with Crippen LogP contribution in [-0.2, 0) is 4.79 Å². The molecule has 1 aliphatic carbocycles. The van der Waals surface area contributed by atoms with E-state index in [1.807, 2.05) is 0 Å². The van der Waals surface area contributed by atoms with Crippen LogP contribution < -0.4 is 11.1 Å². The average molecular weight is 226 g/mol. The Bertz CT molecular complexity index is 244. The molecule has 0 heterocycles. The zero-order valence-corrected chi connectivity index (χ0v) is 11.0. The van der Waals surface area contributed by atoms with E-state index in [0.29, 0.717) is 24.3 Å². The van der Waals surface area contributed by atoms with Gasteiger partial charge in [-0.05, 0) is 30.6 Å².